The third-order valence-corrected chi connectivity index (χ3v) is 3.55. The molecule has 0 atom stereocenters. The van der Waals surface area contributed by atoms with E-state index in [0.717, 1.165) is 22.4 Å². The molecule has 3 rings (SSSR count). The summed E-state index contributed by atoms with van der Waals surface area (Å²) in [6, 6.07) is 14.6. The molecule has 3 aromatic rings. The van der Waals surface area contributed by atoms with Gasteiger partial charge in [0.2, 0.25) is 5.88 Å². The zero-order chi connectivity index (χ0) is 15.0. The molecule has 0 spiro atoms. The second kappa shape index (κ2) is 5.09. The predicted molar refractivity (Wildman–Crippen MR) is 86.0 cm³/mol. The van der Waals surface area contributed by atoms with E-state index in [1.807, 2.05) is 12.1 Å². The predicted octanol–water partition coefficient (Wildman–Crippen LogP) is 4.52. The Balaban J connectivity index is 2.19. The van der Waals surface area contributed by atoms with Crippen LogP contribution < -0.4 is 5.73 Å². The van der Waals surface area contributed by atoms with Crippen molar-refractivity contribution in [3.8, 4) is 22.4 Å². The second-order valence-corrected chi connectivity index (χ2v) is 5.51. The van der Waals surface area contributed by atoms with Gasteiger partial charge in [0.25, 0.3) is 0 Å². The Labute approximate surface area is 124 Å². The first kappa shape index (κ1) is 13.4. The van der Waals surface area contributed by atoms with Gasteiger partial charge in [0.1, 0.15) is 5.69 Å². The van der Waals surface area contributed by atoms with Crippen molar-refractivity contribution >= 4 is 5.88 Å². The van der Waals surface area contributed by atoms with E-state index < -0.39 is 0 Å². The highest BCUT2D eigenvalue weighted by atomic mass is 16.5. The van der Waals surface area contributed by atoms with Gasteiger partial charge in [-0.25, -0.2) is 0 Å². The summed E-state index contributed by atoms with van der Waals surface area (Å²) in [5.41, 5.74) is 13.3. The lowest BCUT2D eigenvalue weighted by Crippen LogP contribution is -1.89. The average molecular weight is 278 g/mol. The van der Waals surface area contributed by atoms with Crippen molar-refractivity contribution in [3.63, 3.8) is 0 Å². The topological polar surface area (TPSA) is 52.0 Å². The standard InChI is InChI=1S/C18H18N2O/c1-11-4-6-14(7-5-11)16-17(20-21-18(16)19)15-9-12(2)8-13(3)10-15/h4-10H,19H2,1-3H3. The van der Waals surface area contributed by atoms with Gasteiger partial charge in [0, 0.05) is 5.56 Å². The molecular weight excluding hydrogens is 260 g/mol. The van der Waals surface area contributed by atoms with E-state index in [4.69, 9.17) is 10.3 Å². The molecule has 3 heteroatoms. The monoisotopic (exact) mass is 278 g/mol. The van der Waals surface area contributed by atoms with Crippen LogP contribution in [0.3, 0.4) is 0 Å². The van der Waals surface area contributed by atoms with Gasteiger partial charge in [0.15, 0.2) is 0 Å². The summed E-state index contributed by atoms with van der Waals surface area (Å²) in [7, 11) is 0. The Morgan fingerprint density at radius 1 is 0.810 bits per heavy atom. The van der Waals surface area contributed by atoms with Crippen molar-refractivity contribution in [3.05, 3.63) is 59.2 Å². The minimum Gasteiger partial charge on any atom is -0.367 e. The number of aromatic nitrogens is 1. The summed E-state index contributed by atoms with van der Waals surface area (Å²) in [5.74, 6) is 0.355. The number of anilines is 1. The molecule has 0 aliphatic rings. The summed E-state index contributed by atoms with van der Waals surface area (Å²) < 4.78 is 5.24. The molecule has 2 N–H and O–H groups in total. The van der Waals surface area contributed by atoms with Crippen LogP contribution in [0.5, 0.6) is 0 Å². The van der Waals surface area contributed by atoms with Crippen molar-refractivity contribution in [2.24, 2.45) is 0 Å². The third-order valence-electron chi connectivity index (χ3n) is 3.55. The third kappa shape index (κ3) is 2.55. The van der Waals surface area contributed by atoms with Crippen LogP contribution in [0, 0.1) is 20.8 Å². The highest BCUT2D eigenvalue weighted by molar-refractivity contribution is 5.87. The fraction of sp³-hybridized carbons (Fsp3) is 0.167. The molecule has 0 saturated heterocycles. The molecule has 0 unspecified atom stereocenters. The van der Waals surface area contributed by atoms with Crippen molar-refractivity contribution < 1.29 is 4.52 Å². The molecule has 0 aliphatic carbocycles. The molecule has 0 fully saturated rings. The van der Waals surface area contributed by atoms with Gasteiger partial charge in [-0.05, 0) is 38.5 Å². The van der Waals surface area contributed by atoms with Crippen LogP contribution in [0.1, 0.15) is 16.7 Å². The number of hydrogen-bond acceptors (Lipinski definition) is 3. The first-order chi connectivity index (χ1) is 10.0. The molecule has 3 nitrogen and oxygen atoms in total. The van der Waals surface area contributed by atoms with Crippen LogP contribution in [-0.2, 0) is 0 Å². The minimum atomic E-state index is 0.355. The van der Waals surface area contributed by atoms with E-state index in [2.05, 4.69) is 56.3 Å². The average Bonchev–Trinajstić information content (AvgIpc) is 2.80. The zero-order valence-electron chi connectivity index (χ0n) is 12.5. The molecule has 0 radical (unpaired) electrons. The molecular formula is C18H18N2O. The first-order valence-electron chi connectivity index (χ1n) is 6.95. The fourth-order valence-electron chi connectivity index (χ4n) is 2.61. The van der Waals surface area contributed by atoms with Gasteiger partial charge in [-0.15, -0.1) is 0 Å². The Bertz CT molecular complexity index is 765. The molecule has 2 aromatic carbocycles. The van der Waals surface area contributed by atoms with Crippen molar-refractivity contribution in [2.75, 3.05) is 5.73 Å². The van der Waals surface area contributed by atoms with Crippen LogP contribution in [0.15, 0.2) is 47.0 Å². The van der Waals surface area contributed by atoms with Crippen LogP contribution in [0.4, 0.5) is 5.88 Å². The van der Waals surface area contributed by atoms with Gasteiger partial charge in [0.05, 0.1) is 5.56 Å². The van der Waals surface area contributed by atoms with Gasteiger partial charge in [-0.3, -0.25) is 0 Å². The van der Waals surface area contributed by atoms with Gasteiger partial charge in [-0.2, -0.15) is 0 Å². The number of nitrogen functional groups attached to an aromatic ring is 1. The van der Waals surface area contributed by atoms with Crippen molar-refractivity contribution in [1.82, 2.24) is 5.16 Å². The van der Waals surface area contributed by atoms with E-state index in [9.17, 15) is 0 Å². The Kier molecular flexibility index (Phi) is 3.26. The van der Waals surface area contributed by atoms with Crippen molar-refractivity contribution in [2.45, 2.75) is 20.8 Å². The molecule has 0 saturated carbocycles. The zero-order valence-corrected chi connectivity index (χ0v) is 12.5. The van der Waals surface area contributed by atoms with E-state index >= 15 is 0 Å². The molecule has 106 valence electrons. The second-order valence-electron chi connectivity index (χ2n) is 5.51. The lowest BCUT2D eigenvalue weighted by Gasteiger charge is -2.06. The molecule has 1 aromatic heterocycles. The molecule has 21 heavy (non-hydrogen) atoms. The summed E-state index contributed by atoms with van der Waals surface area (Å²) in [5, 5.41) is 4.17. The van der Waals surface area contributed by atoms with Gasteiger partial charge >= 0.3 is 0 Å². The largest absolute Gasteiger partial charge is 0.367 e. The highest BCUT2D eigenvalue weighted by Crippen LogP contribution is 2.36. The summed E-state index contributed by atoms with van der Waals surface area (Å²) in [4.78, 5) is 0. The lowest BCUT2D eigenvalue weighted by molar-refractivity contribution is 0.439. The quantitative estimate of drug-likeness (QED) is 0.750. The van der Waals surface area contributed by atoms with Gasteiger partial charge in [-0.1, -0.05) is 52.2 Å². The molecule has 0 aliphatic heterocycles. The Morgan fingerprint density at radius 2 is 1.43 bits per heavy atom. The van der Waals surface area contributed by atoms with E-state index in [1.54, 1.807) is 0 Å². The SMILES string of the molecule is Cc1ccc(-c2c(-c3cc(C)cc(C)c3)noc2N)cc1. The van der Waals surface area contributed by atoms with Crippen LogP contribution in [0.25, 0.3) is 22.4 Å². The highest BCUT2D eigenvalue weighted by Gasteiger charge is 2.17. The Hall–Kier alpha value is -2.55. The Morgan fingerprint density at radius 3 is 2.05 bits per heavy atom. The first-order valence-corrected chi connectivity index (χ1v) is 6.95. The van der Waals surface area contributed by atoms with E-state index in [1.165, 1.54) is 16.7 Å². The molecule has 0 bridgehead atoms. The summed E-state index contributed by atoms with van der Waals surface area (Å²) >= 11 is 0. The van der Waals surface area contributed by atoms with Gasteiger partial charge < -0.3 is 10.3 Å². The van der Waals surface area contributed by atoms with Crippen molar-refractivity contribution in [1.29, 1.82) is 0 Å². The maximum atomic E-state index is 6.00. The number of rotatable bonds is 2. The van der Waals surface area contributed by atoms with E-state index in [0.29, 0.717) is 5.88 Å². The maximum absolute atomic E-state index is 6.00. The number of aryl methyl sites for hydroxylation is 3. The number of benzene rings is 2. The molecule has 1 heterocycles. The number of nitrogens with two attached hydrogens (primary N) is 1. The summed E-state index contributed by atoms with van der Waals surface area (Å²) in [6.07, 6.45) is 0. The van der Waals surface area contributed by atoms with Crippen LogP contribution >= 0.6 is 0 Å². The maximum Gasteiger partial charge on any atom is 0.230 e. The molecule has 0 amide bonds. The van der Waals surface area contributed by atoms with Crippen LogP contribution in [0.2, 0.25) is 0 Å². The van der Waals surface area contributed by atoms with Crippen LogP contribution in [-0.4, -0.2) is 5.16 Å². The smallest absolute Gasteiger partial charge is 0.230 e. The summed E-state index contributed by atoms with van der Waals surface area (Å²) in [6.45, 7) is 6.21. The number of hydrogen-bond donors (Lipinski definition) is 1. The lowest BCUT2D eigenvalue weighted by atomic mass is 9.98. The minimum absolute atomic E-state index is 0.355. The normalized spacial score (nSPS) is 10.8. The van der Waals surface area contributed by atoms with E-state index in [-0.39, 0.29) is 0 Å². The fourth-order valence-corrected chi connectivity index (χ4v) is 2.61. The number of nitrogens with zero attached hydrogens (tertiary/aromatic N) is 1.